The van der Waals surface area contributed by atoms with Gasteiger partial charge in [0.1, 0.15) is 10.7 Å². The maximum atomic E-state index is 5.76. The van der Waals surface area contributed by atoms with Crippen molar-refractivity contribution in [3.63, 3.8) is 0 Å². The molecule has 0 aliphatic heterocycles. The number of hydrogen-bond acceptors (Lipinski definition) is 3. The first kappa shape index (κ1) is 16.9. The van der Waals surface area contributed by atoms with Gasteiger partial charge in [0.05, 0.1) is 6.61 Å². The quantitative estimate of drug-likeness (QED) is 0.561. The Labute approximate surface area is 128 Å². The number of rotatable bonds is 9. The van der Waals surface area contributed by atoms with E-state index in [0.29, 0.717) is 17.6 Å². The van der Waals surface area contributed by atoms with Crippen molar-refractivity contribution in [2.75, 3.05) is 19.7 Å². The van der Waals surface area contributed by atoms with Crippen LogP contribution in [0.1, 0.15) is 39.2 Å². The van der Waals surface area contributed by atoms with Gasteiger partial charge in [-0.25, -0.2) is 0 Å². The summed E-state index contributed by atoms with van der Waals surface area (Å²) < 4.78 is 5.76. The summed E-state index contributed by atoms with van der Waals surface area (Å²) in [5.41, 5.74) is 6.47. The monoisotopic (exact) mass is 294 g/mol. The van der Waals surface area contributed by atoms with Gasteiger partial charge < -0.3 is 15.4 Å². The van der Waals surface area contributed by atoms with Crippen molar-refractivity contribution in [2.24, 2.45) is 5.73 Å². The second kappa shape index (κ2) is 8.93. The van der Waals surface area contributed by atoms with E-state index < -0.39 is 0 Å². The van der Waals surface area contributed by atoms with E-state index in [0.717, 1.165) is 30.8 Å². The predicted molar refractivity (Wildman–Crippen MR) is 89.4 cm³/mol. The van der Waals surface area contributed by atoms with Crippen LogP contribution in [0.15, 0.2) is 24.3 Å². The zero-order valence-corrected chi connectivity index (χ0v) is 13.6. The third kappa shape index (κ3) is 5.47. The Bertz CT molecular complexity index is 423. The van der Waals surface area contributed by atoms with Gasteiger partial charge in [0.2, 0.25) is 0 Å². The molecule has 1 aromatic rings. The molecule has 0 saturated carbocycles. The van der Waals surface area contributed by atoms with Gasteiger partial charge in [0.15, 0.2) is 0 Å². The van der Waals surface area contributed by atoms with Crippen molar-refractivity contribution in [3.05, 3.63) is 29.8 Å². The van der Waals surface area contributed by atoms with Crippen molar-refractivity contribution in [3.8, 4) is 5.75 Å². The Hall–Kier alpha value is -1.13. The fourth-order valence-corrected chi connectivity index (χ4v) is 2.27. The molecule has 0 aliphatic rings. The summed E-state index contributed by atoms with van der Waals surface area (Å²) >= 11 is 4.96. The molecule has 20 heavy (non-hydrogen) atoms. The lowest BCUT2D eigenvalue weighted by Gasteiger charge is -2.26. The number of nitrogens with two attached hydrogens (primary N) is 1. The van der Waals surface area contributed by atoms with E-state index in [1.165, 1.54) is 6.42 Å². The lowest BCUT2D eigenvalue weighted by atomic mass is 10.2. The van der Waals surface area contributed by atoms with Gasteiger partial charge in [-0.1, -0.05) is 38.2 Å². The lowest BCUT2D eigenvalue weighted by molar-refractivity contribution is 0.193. The van der Waals surface area contributed by atoms with Gasteiger partial charge in [-0.15, -0.1) is 0 Å². The molecule has 0 amide bonds. The molecule has 0 heterocycles. The van der Waals surface area contributed by atoms with Crippen molar-refractivity contribution in [1.82, 2.24) is 4.90 Å². The van der Waals surface area contributed by atoms with Crippen LogP contribution < -0.4 is 10.5 Å². The Kier molecular flexibility index (Phi) is 7.55. The summed E-state index contributed by atoms with van der Waals surface area (Å²) in [6, 6.07) is 8.29. The van der Waals surface area contributed by atoms with Crippen LogP contribution in [0.3, 0.4) is 0 Å². The molecule has 1 aromatic carbocycles. The van der Waals surface area contributed by atoms with Crippen LogP contribution in [0.2, 0.25) is 0 Å². The molecule has 4 heteroatoms. The van der Waals surface area contributed by atoms with Crippen LogP contribution in [0.25, 0.3) is 0 Å². The molecular formula is C16H26N2OS. The third-order valence-corrected chi connectivity index (χ3v) is 3.83. The first-order valence-electron chi connectivity index (χ1n) is 7.35. The fourth-order valence-electron chi connectivity index (χ4n) is 2.15. The minimum absolute atomic E-state index is 0.407. The first-order valence-corrected chi connectivity index (χ1v) is 7.76. The normalized spacial score (nSPS) is 12.4. The van der Waals surface area contributed by atoms with E-state index in [-0.39, 0.29) is 0 Å². The van der Waals surface area contributed by atoms with Gasteiger partial charge >= 0.3 is 0 Å². The predicted octanol–water partition coefficient (Wildman–Crippen LogP) is 3.21. The van der Waals surface area contributed by atoms with E-state index in [1.807, 2.05) is 24.3 Å². The van der Waals surface area contributed by atoms with Gasteiger partial charge in [-0.2, -0.15) is 0 Å². The van der Waals surface area contributed by atoms with Crippen LogP contribution in [0.4, 0.5) is 0 Å². The summed E-state index contributed by atoms with van der Waals surface area (Å²) in [7, 11) is 0. The summed E-state index contributed by atoms with van der Waals surface area (Å²) in [6.07, 6.45) is 2.21. The van der Waals surface area contributed by atoms with Gasteiger partial charge in [0.25, 0.3) is 0 Å². The Morgan fingerprint density at radius 3 is 2.75 bits per heavy atom. The standard InChI is InChI=1S/C16H26N2OS/c1-4-13(3)18(5-2)10-7-11-19-15-9-6-8-14(12-15)16(17)20/h6,8-9,12-13H,4-5,7,10-11H2,1-3H3,(H2,17,20). The molecule has 0 aliphatic carbocycles. The minimum atomic E-state index is 0.407. The number of thiocarbonyl (C=S) groups is 1. The SMILES string of the molecule is CCC(C)N(CC)CCCOc1cccc(C(N)=S)c1. The van der Waals surface area contributed by atoms with Crippen LogP contribution in [-0.2, 0) is 0 Å². The highest BCUT2D eigenvalue weighted by Gasteiger charge is 2.09. The number of nitrogens with zero attached hydrogens (tertiary/aromatic N) is 1. The number of ether oxygens (including phenoxy) is 1. The molecule has 1 rings (SSSR count). The second-order valence-corrected chi connectivity index (χ2v) is 5.42. The average Bonchev–Trinajstić information content (AvgIpc) is 2.47. The number of hydrogen-bond donors (Lipinski definition) is 1. The number of benzene rings is 1. The van der Waals surface area contributed by atoms with E-state index in [9.17, 15) is 0 Å². The molecule has 1 unspecified atom stereocenters. The zero-order valence-electron chi connectivity index (χ0n) is 12.8. The average molecular weight is 294 g/mol. The highest BCUT2D eigenvalue weighted by atomic mass is 32.1. The van der Waals surface area contributed by atoms with Gasteiger partial charge in [-0.05, 0) is 38.4 Å². The topological polar surface area (TPSA) is 38.5 Å². The smallest absolute Gasteiger partial charge is 0.119 e. The second-order valence-electron chi connectivity index (χ2n) is 4.98. The highest BCUT2D eigenvalue weighted by Crippen LogP contribution is 2.13. The maximum Gasteiger partial charge on any atom is 0.119 e. The molecule has 0 fully saturated rings. The van der Waals surface area contributed by atoms with E-state index >= 15 is 0 Å². The minimum Gasteiger partial charge on any atom is -0.494 e. The van der Waals surface area contributed by atoms with Crippen LogP contribution in [0.5, 0.6) is 5.75 Å². The fraction of sp³-hybridized carbons (Fsp3) is 0.562. The van der Waals surface area contributed by atoms with Gasteiger partial charge in [-0.3, -0.25) is 0 Å². The largest absolute Gasteiger partial charge is 0.494 e. The van der Waals surface area contributed by atoms with Crippen molar-refractivity contribution < 1.29 is 4.74 Å². The molecule has 0 saturated heterocycles. The van der Waals surface area contributed by atoms with Gasteiger partial charge in [0, 0.05) is 18.2 Å². The zero-order chi connectivity index (χ0) is 15.0. The lowest BCUT2D eigenvalue weighted by Crippen LogP contribution is -2.33. The Balaban J connectivity index is 2.37. The molecule has 2 N–H and O–H groups in total. The molecule has 1 atom stereocenters. The summed E-state index contributed by atoms with van der Waals surface area (Å²) in [4.78, 5) is 2.89. The van der Waals surface area contributed by atoms with E-state index in [4.69, 9.17) is 22.7 Å². The van der Waals surface area contributed by atoms with Crippen LogP contribution in [-0.4, -0.2) is 35.6 Å². The molecule has 0 radical (unpaired) electrons. The molecular weight excluding hydrogens is 268 g/mol. The van der Waals surface area contributed by atoms with E-state index in [1.54, 1.807) is 0 Å². The Morgan fingerprint density at radius 2 is 2.15 bits per heavy atom. The molecule has 0 spiro atoms. The van der Waals surface area contributed by atoms with Crippen LogP contribution >= 0.6 is 12.2 Å². The van der Waals surface area contributed by atoms with Crippen molar-refractivity contribution >= 4 is 17.2 Å². The maximum absolute atomic E-state index is 5.76. The Morgan fingerprint density at radius 1 is 1.40 bits per heavy atom. The first-order chi connectivity index (χ1) is 9.58. The van der Waals surface area contributed by atoms with Crippen LogP contribution in [0, 0.1) is 0 Å². The van der Waals surface area contributed by atoms with E-state index in [2.05, 4.69) is 25.7 Å². The summed E-state index contributed by atoms with van der Waals surface area (Å²) in [5, 5.41) is 0. The summed E-state index contributed by atoms with van der Waals surface area (Å²) in [5.74, 6) is 0.835. The molecule has 0 aromatic heterocycles. The molecule has 112 valence electrons. The summed E-state index contributed by atoms with van der Waals surface area (Å²) in [6.45, 7) is 9.58. The third-order valence-electron chi connectivity index (χ3n) is 3.60. The van der Waals surface area contributed by atoms with Crippen molar-refractivity contribution in [1.29, 1.82) is 0 Å². The molecule has 0 bridgehead atoms. The van der Waals surface area contributed by atoms with Crippen molar-refractivity contribution in [2.45, 2.75) is 39.7 Å². The highest BCUT2D eigenvalue weighted by molar-refractivity contribution is 7.80. The molecule has 3 nitrogen and oxygen atoms in total.